The highest BCUT2D eigenvalue weighted by atomic mass is 16.5. The second-order valence-corrected chi connectivity index (χ2v) is 8.10. The Labute approximate surface area is 287 Å². The minimum Gasteiger partial charge on any atom is -0.378 e. The lowest BCUT2D eigenvalue weighted by Crippen LogP contribution is -2.02. The van der Waals surface area contributed by atoms with Gasteiger partial charge >= 0.3 is 0 Å². The number of hydrogen-bond acceptors (Lipinski definition) is 7. The molecule has 0 spiro atoms. The average Bonchev–Trinajstić information content (AvgIpc) is 3.72. The third kappa shape index (κ3) is 13.3. The zero-order valence-corrected chi connectivity index (χ0v) is 25.4. The normalized spacial score (nSPS) is 8.00. The third-order valence-corrected chi connectivity index (χ3v) is 5.11. The number of fused-ring (bicyclic) bond motifs is 1. The summed E-state index contributed by atoms with van der Waals surface area (Å²) in [5, 5.41) is 16.7. The van der Waals surface area contributed by atoms with Crippen molar-refractivity contribution in [2.75, 3.05) is 5.32 Å². The quantitative estimate of drug-likeness (QED) is 0.0897. The van der Waals surface area contributed by atoms with E-state index in [-0.39, 0.29) is 9.99 Å². The van der Waals surface area contributed by atoms with E-state index in [9.17, 15) is 0 Å². The van der Waals surface area contributed by atoms with Gasteiger partial charge in [-0.3, -0.25) is 4.98 Å². The molecule has 0 saturated carbocycles. The van der Waals surface area contributed by atoms with Gasteiger partial charge in [-0.05, 0) is 149 Å². The van der Waals surface area contributed by atoms with E-state index in [0.29, 0.717) is 6.54 Å². The molecule has 0 saturated heterocycles. The maximum atomic E-state index is 8.91. The molecular weight excluding hydrogens is 604 g/mol. The zero-order chi connectivity index (χ0) is 34.7. The molecule has 0 aliphatic rings. The van der Waals surface area contributed by atoms with Gasteiger partial charge in [0.1, 0.15) is 16.6 Å². The molecule has 3 heterocycles. The first-order valence-electron chi connectivity index (χ1n) is 13.1. The Bertz CT molecular complexity index is 2250. The fourth-order valence-corrected chi connectivity index (χ4v) is 3.40. The predicted molar refractivity (Wildman–Crippen MR) is 195 cm³/mol. The van der Waals surface area contributed by atoms with Gasteiger partial charge in [0, 0.05) is 27.0 Å². The highest BCUT2D eigenvalue weighted by molar-refractivity contribution is 5.93. The Morgan fingerprint density at radius 1 is 0.875 bits per heavy atom. The molecule has 0 atom stereocenters. The first kappa shape index (κ1) is 35.9. The summed E-state index contributed by atoms with van der Waals surface area (Å²) in [7, 11) is 0. The van der Waals surface area contributed by atoms with Gasteiger partial charge in [-0.25, -0.2) is 4.98 Å². The molecule has 0 aliphatic carbocycles. The average molecular weight is 639 g/mol. The van der Waals surface area contributed by atoms with Crippen LogP contribution in [0.25, 0.3) is 22.2 Å². The van der Waals surface area contributed by atoms with E-state index in [4.69, 9.17) is 27.8 Å². The van der Waals surface area contributed by atoms with Crippen molar-refractivity contribution in [1.82, 2.24) is 20.1 Å². The van der Waals surface area contributed by atoms with Crippen molar-refractivity contribution in [3.8, 4) is 119 Å². The second kappa shape index (κ2) is 22.3. The van der Waals surface area contributed by atoms with E-state index in [1.54, 1.807) is 12.5 Å². The molecule has 0 fully saturated rings. The van der Waals surface area contributed by atoms with Crippen LogP contribution in [0.4, 0.5) is 5.69 Å². The molecule has 0 aliphatic heterocycles. The van der Waals surface area contributed by atoms with E-state index in [1.165, 1.54) is 0 Å². The van der Waals surface area contributed by atoms with Gasteiger partial charge in [-0.15, -0.1) is 17.8 Å². The molecule has 48 heavy (non-hydrogen) atoms. The molecule has 4 aromatic rings. The number of hydrogen-bond donors (Lipinski definition) is 3. The molecular formula is C36H34N10O2. The molecule has 1 aromatic carbocycles. The maximum absolute atomic E-state index is 8.91. The molecule has 12 nitrogen and oxygen atoms in total. The van der Waals surface area contributed by atoms with Crippen LogP contribution in [0.15, 0.2) is 68.3 Å². The van der Waals surface area contributed by atoms with Crippen LogP contribution in [-0.2, 0) is 6.54 Å². The Morgan fingerprint density at radius 2 is 1.48 bits per heavy atom. The summed E-state index contributed by atoms with van der Waals surface area (Å²) in [5.74, 6) is 39.0. The smallest absolute Gasteiger partial charge is 0.141 e. The Morgan fingerprint density at radius 3 is 1.94 bits per heavy atom. The molecule has 0 amide bonds. The topological polar surface area (TPSA) is 170 Å². The lowest BCUT2D eigenvalue weighted by Gasteiger charge is -2.09. The van der Waals surface area contributed by atoms with Crippen molar-refractivity contribution in [3.05, 3.63) is 64.9 Å². The van der Waals surface area contributed by atoms with Crippen LogP contribution >= 0.6 is 0 Å². The molecule has 3 N–H and O–H groups in total. The van der Waals surface area contributed by atoms with Crippen molar-refractivity contribution in [1.29, 1.82) is 5.53 Å². The molecule has 0 unspecified atom stereocenters. The van der Waals surface area contributed by atoms with E-state index in [1.807, 2.05) is 37.3 Å². The number of imidazole rings is 1. The van der Waals surface area contributed by atoms with Gasteiger partial charge in [-0.2, -0.15) is 5.53 Å². The second-order valence-electron chi connectivity index (χ2n) is 8.10. The van der Waals surface area contributed by atoms with E-state index < -0.39 is 0 Å². The first-order valence-corrected chi connectivity index (χ1v) is 13.1. The summed E-state index contributed by atoms with van der Waals surface area (Å²) in [5.41, 5.74) is 12.6. The van der Waals surface area contributed by atoms with Gasteiger partial charge in [-0.1, -0.05) is 11.2 Å². The monoisotopic (exact) mass is 638 g/mol. The Balaban J connectivity index is -0.000000175. The van der Waals surface area contributed by atoms with Gasteiger partial charge in [0.2, 0.25) is 0 Å². The highest BCUT2D eigenvalue weighted by Crippen LogP contribution is 2.33. The van der Waals surface area contributed by atoms with Crippen molar-refractivity contribution in [3.63, 3.8) is 0 Å². The molecule has 0 bridgehead atoms. The van der Waals surface area contributed by atoms with Crippen molar-refractivity contribution in [2.45, 2.75) is 20.4 Å². The van der Waals surface area contributed by atoms with Crippen LogP contribution in [0.3, 0.4) is 0 Å². The largest absolute Gasteiger partial charge is 0.378 e. The van der Waals surface area contributed by atoms with Crippen LogP contribution < -0.4 is 5.32 Å². The van der Waals surface area contributed by atoms with E-state index >= 15 is 0 Å². The third-order valence-electron chi connectivity index (χ3n) is 5.11. The fourth-order valence-electron chi connectivity index (χ4n) is 3.40. The fraction of sp³-hybridized carbons (Fsp3) is 0.0833. The van der Waals surface area contributed by atoms with Gasteiger partial charge in [0.25, 0.3) is 0 Å². The standard InChI is InChI=1S/C18H17N5O.C18H2.HN5O.7H2/c1-11-17(12(2)24-23-11)13-7-15(18-16(8-13)21-10-22-18)20-9-14-5-3-4-6-19-14;1-3-5-7-9-11-13-15-17-18-16-14-12-10-8-6-4-2;1-2-3-4-5-6;;;;;;;/h3-8,10,20H,9H2,1-2H3,(H,21,22);1-2H;1H;7*1H/b;;2-1?,4-3+;;;;;;;. The SMILES string of the molecule is C#CC#CC#CC#CC#CC#CC#CC#CC#C.Cc1noc(C)c1-c1cc(NCc2ccccn2)c2nc[nH]c2c1.N=N/N=N/N=O.[HH].[HH].[HH].[HH].[HH].[HH].[HH]. The summed E-state index contributed by atoms with van der Waals surface area (Å²) in [6, 6.07) is 10.0. The summed E-state index contributed by atoms with van der Waals surface area (Å²) in [4.78, 5) is 20.9. The number of aryl methyl sites for hydroxylation is 2. The molecule has 0 radical (unpaired) electrons. The molecule has 12 heteroatoms. The number of H-pyrrole nitrogens is 1. The Kier molecular flexibility index (Phi) is 16.6. The number of benzene rings is 1. The van der Waals surface area contributed by atoms with Gasteiger partial charge in [0.05, 0.1) is 35.5 Å². The number of rotatable bonds is 6. The molecule has 240 valence electrons. The van der Waals surface area contributed by atoms with Gasteiger partial charge < -0.3 is 14.8 Å². The number of aromatic nitrogens is 4. The van der Waals surface area contributed by atoms with Crippen LogP contribution in [0.1, 0.15) is 27.1 Å². The lowest BCUT2D eigenvalue weighted by atomic mass is 10.0. The minimum absolute atomic E-state index is 0. The number of pyridine rings is 1. The lowest BCUT2D eigenvalue weighted by molar-refractivity contribution is 0.393. The number of terminal acetylenes is 2. The minimum atomic E-state index is 0. The number of nitrogens with zero attached hydrogens (tertiary/aromatic N) is 7. The predicted octanol–water partition coefficient (Wildman–Crippen LogP) is 6.91. The highest BCUT2D eigenvalue weighted by Gasteiger charge is 2.15. The maximum Gasteiger partial charge on any atom is 0.141 e. The molecule has 3 aromatic heterocycles. The van der Waals surface area contributed by atoms with E-state index in [0.717, 1.165) is 45.0 Å². The van der Waals surface area contributed by atoms with Crippen molar-refractivity contribution >= 4 is 16.7 Å². The summed E-state index contributed by atoms with van der Waals surface area (Å²) < 4.78 is 5.31. The van der Waals surface area contributed by atoms with E-state index in [2.05, 4.69) is 148 Å². The number of anilines is 1. The summed E-state index contributed by atoms with van der Waals surface area (Å²) in [6.45, 7) is 4.51. The van der Waals surface area contributed by atoms with Crippen LogP contribution in [0.5, 0.6) is 0 Å². The van der Waals surface area contributed by atoms with Crippen LogP contribution in [0.2, 0.25) is 0 Å². The first-order chi connectivity index (χ1) is 23.5. The van der Waals surface area contributed by atoms with Crippen molar-refractivity contribution in [2.24, 2.45) is 21.0 Å². The number of aromatic amines is 1. The number of nitrogens with one attached hydrogen (secondary N) is 3. The zero-order valence-electron chi connectivity index (χ0n) is 25.4. The molecule has 4 rings (SSSR count). The van der Waals surface area contributed by atoms with Gasteiger partial charge in [0.15, 0.2) is 0 Å². The summed E-state index contributed by atoms with van der Waals surface area (Å²) in [6.07, 6.45) is 13.3. The van der Waals surface area contributed by atoms with Crippen LogP contribution in [-0.4, -0.2) is 20.1 Å². The van der Waals surface area contributed by atoms with Crippen molar-refractivity contribution < 1.29 is 14.5 Å². The number of nitroso groups, excluding NO2 is 1. The summed E-state index contributed by atoms with van der Waals surface area (Å²) >= 11 is 0. The Hall–Kier alpha value is -8.31. The van der Waals surface area contributed by atoms with Crippen LogP contribution in [0, 0.1) is 132 Å².